The van der Waals surface area contributed by atoms with Gasteiger partial charge in [0, 0.05) is 50.2 Å². The summed E-state index contributed by atoms with van der Waals surface area (Å²) < 4.78 is 0. The number of carbonyl (C=O) groups excluding carboxylic acids is 3. The maximum absolute atomic E-state index is 13.2. The second-order valence-corrected chi connectivity index (χ2v) is 11.4. The van der Waals surface area contributed by atoms with Gasteiger partial charge in [0.2, 0.25) is 0 Å². The van der Waals surface area contributed by atoms with E-state index in [2.05, 4.69) is 42.8 Å². The molecule has 12 heteroatoms. The number of likely N-dealkylation sites (N-methyl/N-ethyl adjacent to an activating group) is 1. The number of nitrogens with zero attached hydrogens (tertiary/aromatic N) is 4. The minimum atomic E-state index is -0.813. The Kier molecular flexibility index (Phi) is 7.52. The zero-order chi connectivity index (χ0) is 25.2. The second-order valence-electron chi connectivity index (χ2n) is 9.84. The molecule has 0 aromatic carbocycles. The molecule has 2 aliphatic heterocycles. The lowest BCUT2D eigenvalue weighted by atomic mass is 9.98. The molecule has 3 N–H and O–H groups in total. The minimum Gasteiger partial charge on any atom is -0.344 e. The molecule has 1 saturated heterocycles. The molecule has 2 fully saturated rings. The molecule has 1 saturated carbocycles. The van der Waals surface area contributed by atoms with Crippen LogP contribution in [0.3, 0.4) is 0 Å². The molecule has 2 aromatic heterocycles. The molecule has 192 valence electrons. The van der Waals surface area contributed by atoms with Gasteiger partial charge in [0.05, 0.1) is 22.8 Å². The second kappa shape index (κ2) is 10.8. The van der Waals surface area contributed by atoms with E-state index in [1.807, 2.05) is 0 Å². The van der Waals surface area contributed by atoms with Gasteiger partial charge in [-0.3, -0.25) is 14.4 Å². The first-order valence-electron chi connectivity index (χ1n) is 12.3. The zero-order valence-electron chi connectivity index (χ0n) is 20.1. The molecule has 3 amide bonds. The summed E-state index contributed by atoms with van der Waals surface area (Å²) in [5.74, 6) is -0.856. The Bertz CT molecular complexity index is 1140. The minimum absolute atomic E-state index is 0.232. The number of halogens is 1. The zero-order valence-corrected chi connectivity index (χ0v) is 21.7. The Morgan fingerprint density at radius 3 is 2.69 bits per heavy atom. The number of thiazole rings is 1. The van der Waals surface area contributed by atoms with Crippen LogP contribution in [-0.4, -0.2) is 82.8 Å². The third-order valence-corrected chi connectivity index (χ3v) is 8.14. The number of hydrogen-bond acceptors (Lipinski definition) is 8. The van der Waals surface area contributed by atoms with Crippen molar-refractivity contribution >= 4 is 46.5 Å². The van der Waals surface area contributed by atoms with Crippen molar-refractivity contribution in [2.24, 2.45) is 5.92 Å². The number of rotatable bonds is 6. The fourth-order valence-corrected chi connectivity index (χ4v) is 5.88. The van der Waals surface area contributed by atoms with Crippen LogP contribution in [0.2, 0.25) is 5.02 Å². The molecule has 10 nitrogen and oxygen atoms in total. The number of anilines is 1. The third kappa shape index (κ3) is 6.20. The fourth-order valence-electron chi connectivity index (χ4n) is 4.68. The largest absolute Gasteiger partial charge is 0.344 e. The lowest BCUT2D eigenvalue weighted by Crippen LogP contribution is -2.61. The van der Waals surface area contributed by atoms with Gasteiger partial charge in [-0.15, -0.1) is 11.3 Å². The van der Waals surface area contributed by atoms with E-state index in [1.165, 1.54) is 36.4 Å². The molecule has 3 aliphatic rings. The number of hydrogen-bond donors (Lipinski definition) is 3. The molecule has 0 bridgehead atoms. The van der Waals surface area contributed by atoms with E-state index in [9.17, 15) is 14.4 Å². The van der Waals surface area contributed by atoms with Crippen molar-refractivity contribution in [1.82, 2.24) is 30.4 Å². The van der Waals surface area contributed by atoms with E-state index < -0.39 is 11.8 Å². The molecule has 5 rings (SSSR count). The van der Waals surface area contributed by atoms with Crippen molar-refractivity contribution in [2.75, 3.05) is 38.5 Å². The predicted octanol–water partition coefficient (Wildman–Crippen LogP) is 1.52. The molecule has 0 radical (unpaired) electrons. The standard InChI is InChI=1S/C24H30ClN7O3S/c1-31-8-6-17-19(13-31)36-24(29-17)23(35)28-18-12-32(11-14-2-3-14)9-7-16(18)27-21(33)22(34)30-20-5-4-15(25)10-26-20/h4-5,10,14,16,18H,2-3,6-9,11-13H2,1H3,(H,27,33)(H,28,35)(H,26,30,34)/t16-,18+/m0/s1. The summed E-state index contributed by atoms with van der Waals surface area (Å²) in [6, 6.07) is 2.40. The van der Waals surface area contributed by atoms with Crippen molar-refractivity contribution < 1.29 is 14.4 Å². The Labute approximate surface area is 218 Å². The number of pyridine rings is 1. The number of piperidine rings is 1. The molecule has 36 heavy (non-hydrogen) atoms. The Morgan fingerprint density at radius 2 is 1.94 bits per heavy atom. The SMILES string of the molecule is CN1CCc2nc(C(=O)N[C@@H]3CN(CC4CC4)CC[C@@H]3NC(=O)C(=O)Nc3ccc(Cl)cn3)sc2C1. The predicted molar refractivity (Wildman–Crippen MR) is 137 cm³/mol. The maximum atomic E-state index is 13.2. The van der Waals surface area contributed by atoms with Crippen molar-refractivity contribution in [1.29, 1.82) is 0 Å². The van der Waals surface area contributed by atoms with Gasteiger partial charge in [-0.05, 0) is 44.4 Å². The van der Waals surface area contributed by atoms with Crippen LogP contribution in [0.4, 0.5) is 5.82 Å². The van der Waals surface area contributed by atoms with Gasteiger partial charge in [-0.1, -0.05) is 11.6 Å². The molecule has 0 spiro atoms. The number of fused-ring (bicyclic) bond motifs is 1. The van der Waals surface area contributed by atoms with E-state index >= 15 is 0 Å². The average molecular weight is 532 g/mol. The van der Waals surface area contributed by atoms with Crippen LogP contribution in [-0.2, 0) is 22.6 Å². The van der Waals surface area contributed by atoms with Crippen LogP contribution < -0.4 is 16.0 Å². The third-order valence-electron chi connectivity index (χ3n) is 6.83. The Morgan fingerprint density at radius 1 is 1.11 bits per heavy atom. The van der Waals surface area contributed by atoms with Gasteiger partial charge in [-0.25, -0.2) is 9.97 Å². The highest BCUT2D eigenvalue weighted by molar-refractivity contribution is 7.13. The van der Waals surface area contributed by atoms with E-state index in [0.717, 1.165) is 43.2 Å². The van der Waals surface area contributed by atoms with E-state index in [1.54, 1.807) is 6.07 Å². The van der Waals surface area contributed by atoms with Crippen molar-refractivity contribution in [3.63, 3.8) is 0 Å². The van der Waals surface area contributed by atoms with Gasteiger partial charge >= 0.3 is 11.8 Å². The summed E-state index contributed by atoms with van der Waals surface area (Å²) >= 11 is 7.26. The smallest absolute Gasteiger partial charge is 0.314 e. The van der Waals surface area contributed by atoms with Gasteiger partial charge < -0.3 is 25.8 Å². The van der Waals surface area contributed by atoms with Gasteiger partial charge in [0.25, 0.3) is 5.91 Å². The molecular weight excluding hydrogens is 502 g/mol. The number of likely N-dealkylation sites (tertiary alicyclic amines) is 1. The fraction of sp³-hybridized carbons (Fsp3) is 0.542. The lowest BCUT2D eigenvalue weighted by Gasteiger charge is -2.39. The first-order chi connectivity index (χ1) is 17.3. The van der Waals surface area contributed by atoms with Crippen molar-refractivity contribution in [3.05, 3.63) is 38.9 Å². The topological polar surface area (TPSA) is 120 Å². The maximum Gasteiger partial charge on any atom is 0.314 e. The molecule has 1 aliphatic carbocycles. The molecule has 4 heterocycles. The van der Waals surface area contributed by atoms with E-state index in [0.29, 0.717) is 28.9 Å². The van der Waals surface area contributed by atoms with Crippen LogP contribution in [0.1, 0.15) is 39.6 Å². The summed E-state index contributed by atoms with van der Waals surface area (Å²) in [5.41, 5.74) is 1.000. The number of nitrogens with one attached hydrogen (secondary N) is 3. The highest BCUT2D eigenvalue weighted by atomic mass is 35.5. The summed E-state index contributed by atoms with van der Waals surface area (Å²) in [6.07, 6.45) is 5.35. The highest BCUT2D eigenvalue weighted by Crippen LogP contribution is 2.31. The van der Waals surface area contributed by atoms with Gasteiger partial charge in [0.15, 0.2) is 5.01 Å². The molecular formula is C24H30ClN7O3S. The normalized spacial score (nSPS) is 22.5. The molecule has 2 atom stereocenters. The first kappa shape index (κ1) is 25.1. The molecule has 2 aromatic rings. The van der Waals surface area contributed by atoms with Gasteiger partial charge in [-0.2, -0.15) is 0 Å². The average Bonchev–Trinajstić information content (AvgIpc) is 3.57. The van der Waals surface area contributed by atoms with Crippen LogP contribution in [0, 0.1) is 5.92 Å². The van der Waals surface area contributed by atoms with Crippen molar-refractivity contribution in [2.45, 2.75) is 44.3 Å². The van der Waals surface area contributed by atoms with Crippen LogP contribution >= 0.6 is 22.9 Å². The van der Waals surface area contributed by atoms with Crippen LogP contribution in [0.5, 0.6) is 0 Å². The number of amides is 3. The quantitative estimate of drug-likeness (QED) is 0.483. The monoisotopic (exact) mass is 531 g/mol. The first-order valence-corrected chi connectivity index (χ1v) is 13.5. The van der Waals surface area contributed by atoms with Crippen LogP contribution in [0.15, 0.2) is 18.3 Å². The van der Waals surface area contributed by atoms with Gasteiger partial charge in [0.1, 0.15) is 5.82 Å². The van der Waals surface area contributed by atoms with Crippen molar-refractivity contribution in [3.8, 4) is 0 Å². The lowest BCUT2D eigenvalue weighted by molar-refractivity contribution is -0.137. The summed E-state index contributed by atoms with van der Waals surface area (Å²) in [7, 11) is 2.06. The summed E-state index contributed by atoms with van der Waals surface area (Å²) in [4.78, 5) is 52.6. The van der Waals surface area contributed by atoms with E-state index in [-0.39, 0.29) is 23.8 Å². The summed E-state index contributed by atoms with van der Waals surface area (Å²) in [5, 5.41) is 9.31. The Hall–Kier alpha value is -2.60. The Balaban J connectivity index is 1.24. The number of carbonyl (C=O) groups is 3. The number of aromatic nitrogens is 2. The highest BCUT2D eigenvalue weighted by Gasteiger charge is 2.36. The summed E-state index contributed by atoms with van der Waals surface area (Å²) in [6.45, 7) is 4.13. The molecule has 0 unspecified atom stereocenters. The van der Waals surface area contributed by atoms with E-state index in [4.69, 9.17) is 11.6 Å². The van der Waals surface area contributed by atoms with Crippen LogP contribution in [0.25, 0.3) is 0 Å².